The molecule has 0 amide bonds. The summed E-state index contributed by atoms with van der Waals surface area (Å²) in [6.45, 7) is 2.30. The molecule has 0 bridgehead atoms. The Bertz CT molecular complexity index is 704. The van der Waals surface area contributed by atoms with Gasteiger partial charge in [-0.3, -0.25) is 10.4 Å². The Morgan fingerprint density at radius 3 is 2.86 bits per heavy atom. The molecule has 1 aromatic heterocycles. The van der Waals surface area contributed by atoms with E-state index in [9.17, 15) is 0 Å². The number of aromatic nitrogens is 1. The highest BCUT2D eigenvalue weighted by Crippen LogP contribution is 2.31. The molecule has 1 N–H and O–H groups in total. The Morgan fingerprint density at radius 2 is 2.09 bits per heavy atom. The second kappa shape index (κ2) is 6.53. The van der Waals surface area contributed by atoms with Crippen LogP contribution in [-0.2, 0) is 0 Å². The summed E-state index contributed by atoms with van der Waals surface area (Å²) in [5.41, 5.74) is 4.45. The molecule has 0 radical (unpaired) electrons. The van der Waals surface area contributed by atoms with Crippen molar-refractivity contribution in [1.29, 1.82) is 0 Å². The van der Waals surface area contributed by atoms with Crippen LogP contribution in [0.4, 0.5) is 0 Å². The van der Waals surface area contributed by atoms with E-state index in [-0.39, 0.29) is 6.10 Å². The molecule has 112 valence electrons. The van der Waals surface area contributed by atoms with Gasteiger partial charge in [0.25, 0.3) is 0 Å². The zero-order valence-electron chi connectivity index (χ0n) is 12.0. The van der Waals surface area contributed by atoms with Gasteiger partial charge < -0.3 is 9.47 Å². The van der Waals surface area contributed by atoms with Crippen LogP contribution in [0, 0.1) is 0 Å². The van der Waals surface area contributed by atoms with Crippen LogP contribution in [0.3, 0.4) is 0 Å². The lowest BCUT2D eigenvalue weighted by atomic mass is 10.2. The van der Waals surface area contributed by atoms with Gasteiger partial charge in [-0.1, -0.05) is 24.4 Å². The van der Waals surface area contributed by atoms with Gasteiger partial charge >= 0.3 is 0 Å². The summed E-state index contributed by atoms with van der Waals surface area (Å²) < 4.78 is 11.6. The van der Waals surface area contributed by atoms with Crippen LogP contribution >= 0.6 is 12.2 Å². The van der Waals surface area contributed by atoms with Crippen molar-refractivity contribution in [3.05, 3.63) is 54.4 Å². The van der Waals surface area contributed by atoms with E-state index in [2.05, 4.69) is 15.5 Å². The van der Waals surface area contributed by atoms with E-state index >= 15 is 0 Å². The van der Waals surface area contributed by atoms with Crippen LogP contribution in [0.15, 0.2) is 53.9 Å². The Kier molecular flexibility index (Phi) is 4.29. The van der Waals surface area contributed by atoms with Crippen molar-refractivity contribution in [3.8, 4) is 11.5 Å². The van der Waals surface area contributed by atoms with Crippen molar-refractivity contribution in [1.82, 2.24) is 10.4 Å². The zero-order chi connectivity index (χ0) is 15.4. The quantitative estimate of drug-likeness (QED) is 0.536. The summed E-state index contributed by atoms with van der Waals surface area (Å²) in [6.07, 6.45) is 3.15. The highest BCUT2D eigenvalue weighted by atomic mass is 32.1. The fourth-order valence-electron chi connectivity index (χ4n) is 2.00. The lowest BCUT2D eigenvalue weighted by Crippen LogP contribution is -2.36. The van der Waals surface area contributed by atoms with Crippen molar-refractivity contribution in [2.45, 2.75) is 13.0 Å². The summed E-state index contributed by atoms with van der Waals surface area (Å²) in [7, 11) is 0. The van der Waals surface area contributed by atoms with Crippen LogP contribution in [0.25, 0.3) is 0 Å². The van der Waals surface area contributed by atoms with Crippen LogP contribution in [0.1, 0.15) is 12.5 Å². The van der Waals surface area contributed by atoms with Crippen molar-refractivity contribution in [2.24, 2.45) is 5.10 Å². The Hall–Kier alpha value is -2.47. The summed E-state index contributed by atoms with van der Waals surface area (Å²) in [4.78, 5) is 4.55. The fourth-order valence-corrected chi connectivity index (χ4v) is 2.16. The topological polar surface area (TPSA) is 55.7 Å². The maximum atomic E-state index is 5.88. The molecule has 1 atom stereocenters. The first kappa shape index (κ1) is 14.5. The Morgan fingerprint density at radius 1 is 1.27 bits per heavy atom. The van der Waals surface area contributed by atoms with E-state index in [1.165, 1.54) is 0 Å². The van der Waals surface area contributed by atoms with E-state index in [4.69, 9.17) is 21.7 Å². The number of benzene rings is 1. The molecule has 1 unspecified atom stereocenters. The molecule has 1 aliphatic rings. The van der Waals surface area contributed by atoms with Gasteiger partial charge in [0, 0.05) is 18.0 Å². The number of fused-ring (bicyclic) bond motifs is 1. The van der Waals surface area contributed by atoms with Gasteiger partial charge in [-0.05, 0) is 31.2 Å². The molecular weight excluding hydrogens is 298 g/mol. The van der Waals surface area contributed by atoms with E-state index in [1.807, 2.05) is 43.3 Å². The molecule has 22 heavy (non-hydrogen) atoms. The maximum Gasteiger partial charge on any atom is 0.172 e. The number of hydrogen-bond acceptors (Lipinski definition) is 5. The lowest BCUT2D eigenvalue weighted by molar-refractivity contribution is 0.134. The van der Waals surface area contributed by atoms with Crippen molar-refractivity contribution in [3.63, 3.8) is 0 Å². The Labute approximate surface area is 134 Å². The third-order valence-electron chi connectivity index (χ3n) is 3.23. The number of nitrogens with zero attached hydrogens (tertiary/aromatic N) is 2. The summed E-state index contributed by atoms with van der Waals surface area (Å²) in [6, 6.07) is 11.3. The third-order valence-corrected chi connectivity index (χ3v) is 3.56. The molecule has 3 rings (SSSR count). The SMILES string of the molecule is CC(=NNC(=S)c1cccnc1)C1COc2ccccc2O1. The van der Waals surface area contributed by atoms with E-state index in [0.717, 1.165) is 22.8 Å². The molecule has 0 aliphatic carbocycles. The van der Waals surface area contributed by atoms with Gasteiger partial charge in [0.1, 0.15) is 11.6 Å². The molecule has 0 saturated carbocycles. The largest absolute Gasteiger partial charge is 0.485 e. The van der Waals surface area contributed by atoms with E-state index < -0.39 is 0 Å². The number of ether oxygens (including phenoxy) is 2. The van der Waals surface area contributed by atoms with Gasteiger partial charge in [0.2, 0.25) is 0 Å². The number of para-hydroxylation sites is 2. The molecule has 5 nitrogen and oxygen atoms in total. The average molecular weight is 313 g/mol. The van der Waals surface area contributed by atoms with Crippen molar-refractivity contribution >= 4 is 22.9 Å². The average Bonchev–Trinajstić information content (AvgIpc) is 2.59. The molecule has 6 heteroatoms. The van der Waals surface area contributed by atoms with Gasteiger partial charge in [-0.25, -0.2) is 0 Å². The highest BCUT2D eigenvalue weighted by Gasteiger charge is 2.23. The molecule has 2 heterocycles. The van der Waals surface area contributed by atoms with Gasteiger partial charge in [-0.15, -0.1) is 0 Å². The van der Waals surface area contributed by atoms with Crippen molar-refractivity contribution in [2.75, 3.05) is 6.61 Å². The molecule has 1 aliphatic heterocycles. The highest BCUT2D eigenvalue weighted by molar-refractivity contribution is 7.80. The van der Waals surface area contributed by atoms with Crippen LogP contribution in [0.2, 0.25) is 0 Å². The van der Waals surface area contributed by atoms with Crippen LogP contribution in [0.5, 0.6) is 11.5 Å². The van der Waals surface area contributed by atoms with Gasteiger partial charge in [0.15, 0.2) is 17.6 Å². The summed E-state index contributed by atoms with van der Waals surface area (Å²) >= 11 is 5.27. The summed E-state index contributed by atoms with van der Waals surface area (Å²) in [5.74, 6) is 1.48. The predicted molar refractivity (Wildman–Crippen MR) is 88.5 cm³/mol. The first-order valence-electron chi connectivity index (χ1n) is 6.87. The fraction of sp³-hybridized carbons (Fsp3) is 0.188. The minimum atomic E-state index is -0.237. The standard InChI is InChI=1S/C16H15N3O2S/c1-11(18-19-16(22)12-5-4-8-17-9-12)15-10-20-13-6-2-3-7-14(13)21-15/h2-9,15H,10H2,1H3,(H,19,22). The number of rotatable bonds is 3. The monoisotopic (exact) mass is 313 g/mol. The maximum absolute atomic E-state index is 5.88. The number of pyridine rings is 1. The van der Waals surface area contributed by atoms with E-state index in [1.54, 1.807) is 12.4 Å². The van der Waals surface area contributed by atoms with Crippen LogP contribution in [-0.4, -0.2) is 28.4 Å². The lowest BCUT2D eigenvalue weighted by Gasteiger charge is -2.26. The smallest absolute Gasteiger partial charge is 0.172 e. The Balaban J connectivity index is 1.65. The zero-order valence-corrected chi connectivity index (χ0v) is 12.8. The van der Waals surface area contributed by atoms with Crippen LogP contribution < -0.4 is 14.9 Å². The third kappa shape index (κ3) is 3.23. The van der Waals surface area contributed by atoms with Gasteiger partial charge in [-0.2, -0.15) is 5.10 Å². The molecule has 1 aromatic carbocycles. The molecule has 0 saturated heterocycles. The predicted octanol–water partition coefficient (Wildman–Crippen LogP) is 2.56. The first-order valence-corrected chi connectivity index (χ1v) is 7.28. The minimum absolute atomic E-state index is 0.237. The summed E-state index contributed by atoms with van der Waals surface area (Å²) in [5, 5.41) is 4.29. The second-order valence-corrected chi connectivity index (χ2v) is 5.21. The normalized spacial score (nSPS) is 17.0. The first-order chi connectivity index (χ1) is 10.7. The molecule has 2 aromatic rings. The van der Waals surface area contributed by atoms with Crippen molar-refractivity contribution < 1.29 is 9.47 Å². The van der Waals surface area contributed by atoms with E-state index in [0.29, 0.717) is 11.6 Å². The number of thiocarbonyl (C=S) groups is 1. The number of hydrogen-bond donors (Lipinski definition) is 1. The number of nitrogens with one attached hydrogen (secondary N) is 1. The second-order valence-electron chi connectivity index (χ2n) is 4.80. The molecular formula is C16H15N3O2S. The molecule has 0 spiro atoms. The molecule has 0 fully saturated rings. The number of hydrazone groups is 1. The minimum Gasteiger partial charge on any atom is -0.485 e. The van der Waals surface area contributed by atoms with Gasteiger partial charge in [0.05, 0.1) is 5.71 Å².